The molecule has 0 bridgehead atoms. The highest BCUT2D eigenvalue weighted by Crippen LogP contribution is 2.11. The summed E-state index contributed by atoms with van der Waals surface area (Å²) in [5, 5.41) is 8.67. The van der Waals surface area contributed by atoms with Crippen molar-refractivity contribution in [3.05, 3.63) is 48.0 Å². The first-order chi connectivity index (χ1) is 8.53. The average Bonchev–Trinajstić information content (AvgIpc) is 2.36. The van der Waals surface area contributed by atoms with E-state index in [1.165, 1.54) is 4.31 Å². The molecule has 0 amide bonds. The second-order valence-corrected chi connectivity index (χ2v) is 5.77. The number of nitrogens with zero attached hydrogens (tertiary/aromatic N) is 2. The van der Waals surface area contributed by atoms with Crippen molar-refractivity contribution in [2.45, 2.75) is 12.7 Å². The molecule has 0 saturated carbocycles. The van der Waals surface area contributed by atoms with Crippen LogP contribution in [0, 0.1) is 11.3 Å². The number of sulfonamides is 1. The second-order valence-electron chi connectivity index (χ2n) is 3.80. The van der Waals surface area contributed by atoms with Gasteiger partial charge in [-0.25, -0.2) is 8.42 Å². The maximum absolute atomic E-state index is 12.1. The highest BCUT2D eigenvalue weighted by Gasteiger charge is 2.19. The van der Waals surface area contributed by atoms with Crippen molar-refractivity contribution < 1.29 is 8.42 Å². The van der Waals surface area contributed by atoms with Gasteiger partial charge in [-0.15, -0.1) is 6.58 Å². The normalized spacial score (nSPS) is 11.2. The summed E-state index contributed by atoms with van der Waals surface area (Å²) < 4.78 is 25.6. The molecule has 18 heavy (non-hydrogen) atoms. The van der Waals surface area contributed by atoms with E-state index in [0.717, 1.165) is 0 Å². The van der Waals surface area contributed by atoms with Gasteiger partial charge in [0.05, 0.1) is 17.4 Å². The fourth-order valence-electron chi connectivity index (χ4n) is 1.56. The van der Waals surface area contributed by atoms with Crippen LogP contribution >= 0.6 is 0 Å². The predicted molar refractivity (Wildman–Crippen MR) is 71.2 cm³/mol. The molecule has 0 saturated heterocycles. The van der Waals surface area contributed by atoms with E-state index in [2.05, 4.69) is 6.58 Å². The lowest BCUT2D eigenvalue weighted by Gasteiger charge is -2.18. The van der Waals surface area contributed by atoms with Crippen molar-refractivity contribution in [2.75, 3.05) is 13.1 Å². The topological polar surface area (TPSA) is 61.2 Å². The molecule has 0 fully saturated rings. The molecule has 0 heterocycles. The van der Waals surface area contributed by atoms with Crippen LogP contribution in [0.15, 0.2) is 36.9 Å². The molecule has 1 aromatic rings. The molecule has 1 rings (SSSR count). The standard InChI is InChI=1S/C13H16N2O2S/c1-3-9-15(4-2)18(16,17)11-13-7-5-12(10-14)6-8-13/h3,5-8H,1,4,9,11H2,2H3. The van der Waals surface area contributed by atoms with Crippen LogP contribution in [0.5, 0.6) is 0 Å². The minimum absolute atomic E-state index is 0.0552. The number of nitriles is 1. The SMILES string of the molecule is C=CCN(CC)S(=O)(=O)Cc1ccc(C#N)cc1. The first-order valence-electron chi connectivity index (χ1n) is 5.61. The fraction of sp³-hybridized carbons (Fsp3) is 0.308. The summed E-state index contributed by atoms with van der Waals surface area (Å²) in [7, 11) is -3.33. The van der Waals surface area contributed by atoms with Gasteiger partial charge in [-0.3, -0.25) is 0 Å². The lowest BCUT2D eigenvalue weighted by Crippen LogP contribution is -2.32. The van der Waals surface area contributed by atoms with Gasteiger partial charge < -0.3 is 0 Å². The van der Waals surface area contributed by atoms with Crippen molar-refractivity contribution >= 4 is 10.0 Å². The van der Waals surface area contributed by atoms with Gasteiger partial charge in [0.25, 0.3) is 0 Å². The maximum Gasteiger partial charge on any atom is 0.218 e. The van der Waals surface area contributed by atoms with Crippen molar-refractivity contribution in [1.29, 1.82) is 5.26 Å². The molecule has 96 valence electrons. The highest BCUT2D eigenvalue weighted by molar-refractivity contribution is 7.88. The van der Waals surface area contributed by atoms with Gasteiger partial charge in [-0.2, -0.15) is 9.57 Å². The minimum Gasteiger partial charge on any atom is -0.212 e. The summed E-state index contributed by atoms with van der Waals surface area (Å²) in [6.07, 6.45) is 1.57. The van der Waals surface area contributed by atoms with Crippen molar-refractivity contribution in [2.24, 2.45) is 0 Å². The maximum atomic E-state index is 12.1. The lowest BCUT2D eigenvalue weighted by molar-refractivity contribution is 0.459. The molecule has 0 aliphatic heterocycles. The van der Waals surface area contributed by atoms with Gasteiger partial charge in [-0.1, -0.05) is 25.1 Å². The lowest BCUT2D eigenvalue weighted by atomic mass is 10.2. The Labute approximate surface area is 108 Å². The highest BCUT2D eigenvalue weighted by atomic mass is 32.2. The predicted octanol–water partition coefficient (Wildman–Crippen LogP) is 1.90. The Balaban J connectivity index is 2.87. The van der Waals surface area contributed by atoms with E-state index in [1.807, 2.05) is 6.07 Å². The third kappa shape index (κ3) is 3.69. The number of likely N-dealkylation sites (N-methyl/N-ethyl adjacent to an activating group) is 1. The van der Waals surface area contributed by atoms with Gasteiger partial charge in [0.2, 0.25) is 10.0 Å². The van der Waals surface area contributed by atoms with Crippen LogP contribution in [0.4, 0.5) is 0 Å². The third-order valence-corrected chi connectivity index (χ3v) is 4.40. The fourth-order valence-corrected chi connectivity index (χ4v) is 3.08. The molecule has 4 nitrogen and oxygen atoms in total. The van der Waals surface area contributed by atoms with Crippen LogP contribution in [-0.4, -0.2) is 25.8 Å². The minimum atomic E-state index is -3.33. The van der Waals surface area contributed by atoms with Crippen LogP contribution < -0.4 is 0 Å². The summed E-state index contributed by atoms with van der Waals surface area (Å²) in [4.78, 5) is 0. The number of hydrogen-bond acceptors (Lipinski definition) is 3. The molecular weight excluding hydrogens is 248 g/mol. The molecule has 5 heteroatoms. The Kier molecular flexibility index (Phi) is 5.08. The Morgan fingerprint density at radius 3 is 2.44 bits per heavy atom. The van der Waals surface area contributed by atoms with Crippen molar-refractivity contribution in [1.82, 2.24) is 4.31 Å². The summed E-state index contributed by atoms with van der Waals surface area (Å²) in [5.74, 6) is -0.0552. The number of hydrogen-bond donors (Lipinski definition) is 0. The van der Waals surface area contributed by atoms with E-state index in [1.54, 1.807) is 37.3 Å². The Morgan fingerprint density at radius 2 is 2.00 bits per heavy atom. The Morgan fingerprint density at radius 1 is 1.39 bits per heavy atom. The zero-order valence-electron chi connectivity index (χ0n) is 10.3. The van der Waals surface area contributed by atoms with Crippen LogP contribution in [0.1, 0.15) is 18.1 Å². The van der Waals surface area contributed by atoms with Crippen LogP contribution in [0.3, 0.4) is 0 Å². The summed E-state index contributed by atoms with van der Waals surface area (Å²) in [6.45, 7) is 6.08. The van der Waals surface area contributed by atoms with Gasteiger partial charge >= 0.3 is 0 Å². The van der Waals surface area contributed by atoms with E-state index < -0.39 is 10.0 Å². The Hall–Kier alpha value is -1.64. The molecule has 0 radical (unpaired) electrons. The largest absolute Gasteiger partial charge is 0.218 e. The molecule has 0 unspecified atom stereocenters. The molecular formula is C13H16N2O2S. The van der Waals surface area contributed by atoms with E-state index >= 15 is 0 Å². The zero-order chi connectivity index (χ0) is 13.6. The summed E-state index contributed by atoms with van der Waals surface area (Å²) in [5.41, 5.74) is 1.20. The first kappa shape index (κ1) is 14.4. The van der Waals surface area contributed by atoms with Crippen molar-refractivity contribution in [3.63, 3.8) is 0 Å². The van der Waals surface area contributed by atoms with Crippen LogP contribution in [0.25, 0.3) is 0 Å². The third-order valence-electron chi connectivity index (χ3n) is 2.51. The molecule has 0 atom stereocenters. The van der Waals surface area contributed by atoms with Crippen LogP contribution in [0.2, 0.25) is 0 Å². The molecule has 0 aliphatic carbocycles. The monoisotopic (exact) mass is 264 g/mol. The molecule has 0 aromatic heterocycles. The molecule has 1 aromatic carbocycles. The van der Waals surface area contributed by atoms with E-state index in [0.29, 0.717) is 24.2 Å². The van der Waals surface area contributed by atoms with E-state index in [4.69, 9.17) is 5.26 Å². The molecule has 0 N–H and O–H groups in total. The van der Waals surface area contributed by atoms with E-state index in [9.17, 15) is 8.42 Å². The first-order valence-corrected chi connectivity index (χ1v) is 7.22. The van der Waals surface area contributed by atoms with E-state index in [-0.39, 0.29) is 5.75 Å². The zero-order valence-corrected chi connectivity index (χ0v) is 11.2. The van der Waals surface area contributed by atoms with Gasteiger partial charge in [0.1, 0.15) is 0 Å². The molecule has 0 spiro atoms. The van der Waals surface area contributed by atoms with Gasteiger partial charge in [-0.05, 0) is 17.7 Å². The van der Waals surface area contributed by atoms with Gasteiger partial charge in [0.15, 0.2) is 0 Å². The quantitative estimate of drug-likeness (QED) is 0.737. The smallest absolute Gasteiger partial charge is 0.212 e. The summed E-state index contributed by atoms with van der Waals surface area (Å²) >= 11 is 0. The summed E-state index contributed by atoms with van der Waals surface area (Å²) in [6, 6.07) is 8.57. The number of benzene rings is 1. The Bertz CT molecular complexity index is 541. The van der Waals surface area contributed by atoms with Gasteiger partial charge in [0, 0.05) is 13.1 Å². The number of rotatable bonds is 6. The van der Waals surface area contributed by atoms with Crippen LogP contribution in [-0.2, 0) is 15.8 Å². The van der Waals surface area contributed by atoms with Crippen molar-refractivity contribution in [3.8, 4) is 6.07 Å². The molecule has 0 aliphatic rings. The average molecular weight is 264 g/mol. The second kappa shape index (κ2) is 6.34.